The first-order valence-electron chi connectivity index (χ1n) is 7.80. The molecule has 0 spiro atoms. The van der Waals surface area contributed by atoms with Crippen LogP contribution in [0.15, 0.2) is 42.5 Å². The SMILES string of the molecule is NCC1CCCCCN1C(=O)c1cccc2ccccc12. The van der Waals surface area contributed by atoms with Crippen LogP contribution in [-0.4, -0.2) is 29.9 Å². The van der Waals surface area contributed by atoms with Crippen LogP contribution in [0.3, 0.4) is 0 Å². The van der Waals surface area contributed by atoms with Gasteiger partial charge in [0, 0.05) is 24.7 Å². The van der Waals surface area contributed by atoms with Gasteiger partial charge in [0.25, 0.3) is 5.91 Å². The van der Waals surface area contributed by atoms with Crippen molar-refractivity contribution in [3.63, 3.8) is 0 Å². The zero-order valence-corrected chi connectivity index (χ0v) is 12.3. The van der Waals surface area contributed by atoms with Gasteiger partial charge in [0.05, 0.1) is 0 Å². The fourth-order valence-corrected chi connectivity index (χ4v) is 3.26. The molecule has 1 fully saturated rings. The number of hydrogen-bond donors (Lipinski definition) is 1. The van der Waals surface area contributed by atoms with Crippen molar-refractivity contribution in [2.45, 2.75) is 31.7 Å². The van der Waals surface area contributed by atoms with Gasteiger partial charge in [-0.3, -0.25) is 4.79 Å². The predicted molar refractivity (Wildman–Crippen MR) is 86.3 cm³/mol. The second-order valence-corrected chi connectivity index (χ2v) is 5.76. The third-order valence-corrected chi connectivity index (χ3v) is 4.43. The van der Waals surface area contributed by atoms with Crippen LogP contribution in [0, 0.1) is 0 Å². The van der Waals surface area contributed by atoms with E-state index in [4.69, 9.17) is 5.73 Å². The summed E-state index contributed by atoms with van der Waals surface area (Å²) in [5.41, 5.74) is 6.70. The Bertz CT molecular complexity index is 633. The number of hydrogen-bond acceptors (Lipinski definition) is 2. The number of nitrogens with zero attached hydrogens (tertiary/aromatic N) is 1. The van der Waals surface area contributed by atoms with Crippen molar-refractivity contribution in [3.05, 3.63) is 48.0 Å². The van der Waals surface area contributed by atoms with Crippen molar-refractivity contribution in [2.75, 3.05) is 13.1 Å². The number of carbonyl (C=O) groups is 1. The number of benzene rings is 2. The third-order valence-electron chi connectivity index (χ3n) is 4.43. The average Bonchev–Trinajstić information content (AvgIpc) is 2.79. The number of nitrogens with two attached hydrogens (primary N) is 1. The summed E-state index contributed by atoms with van der Waals surface area (Å²) in [4.78, 5) is 15.0. The first-order chi connectivity index (χ1) is 10.3. The topological polar surface area (TPSA) is 46.3 Å². The van der Waals surface area contributed by atoms with E-state index in [2.05, 4.69) is 12.1 Å². The van der Waals surface area contributed by atoms with Gasteiger partial charge in [-0.15, -0.1) is 0 Å². The molecule has 1 unspecified atom stereocenters. The zero-order chi connectivity index (χ0) is 14.7. The molecule has 2 aromatic rings. The summed E-state index contributed by atoms with van der Waals surface area (Å²) in [6, 6.07) is 14.2. The van der Waals surface area contributed by atoms with Crippen LogP contribution in [0.1, 0.15) is 36.0 Å². The van der Waals surface area contributed by atoms with Crippen LogP contribution in [0.2, 0.25) is 0 Å². The Hall–Kier alpha value is -1.87. The fraction of sp³-hybridized carbons (Fsp3) is 0.389. The normalized spacial score (nSPS) is 19.5. The van der Waals surface area contributed by atoms with E-state index in [-0.39, 0.29) is 11.9 Å². The smallest absolute Gasteiger partial charge is 0.254 e. The molecule has 2 aromatic carbocycles. The zero-order valence-electron chi connectivity index (χ0n) is 12.3. The van der Waals surface area contributed by atoms with Gasteiger partial charge >= 0.3 is 0 Å². The van der Waals surface area contributed by atoms with E-state index in [1.54, 1.807) is 0 Å². The van der Waals surface area contributed by atoms with Gasteiger partial charge in [0.15, 0.2) is 0 Å². The minimum atomic E-state index is 0.129. The Morgan fingerprint density at radius 1 is 1.10 bits per heavy atom. The van der Waals surface area contributed by atoms with Crippen LogP contribution >= 0.6 is 0 Å². The Balaban J connectivity index is 1.99. The monoisotopic (exact) mass is 282 g/mol. The molecular formula is C18H22N2O. The minimum absolute atomic E-state index is 0.129. The van der Waals surface area contributed by atoms with Crippen molar-refractivity contribution in [1.82, 2.24) is 4.90 Å². The summed E-state index contributed by atoms with van der Waals surface area (Å²) in [5.74, 6) is 0.129. The average molecular weight is 282 g/mol. The highest BCUT2D eigenvalue weighted by Crippen LogP contribution is 2.23. The molecule has 1 aliphatic heterocycles. The molecule has 2 N–H and O–H groups in total. The van der Waals surface area contributed by atoms with E-state index in [0.717, 1.165) is 35.7 Å². The molecule has 0 radical (unpaired) electrons. The van der Waals surface area contributed by atoms with E-state index < -0.39 is 0 Å². The summed E-state index contributed by atoms with van der Waals surface area (Å²) in [5, 5.41) is 2.15. The van der Waals surface area contributed by atoms with Gasteiger partial charge < -0.3 is 10.6 Å². The maximum atomic E-state index is 13.0. The van der Waals surface area contributed by atoms with E-state index >= 15 is 0 Å². The largest absolute Gasteiger partial charge is 0.334 e. The highest BCUT2D eigenvalue weighted by atomic mass is 16.2. The van der Waals surface area contributed by atoms with Crippen LogP contribution in [0.25, 0.3) is 10.8 Å². The van der Waals surface area contributed by atoms with Gasteiger partial charge in [0.2, 0.25) is 0 Å². The maximum absolute atomic E-state index is 13.0. The van der Waals surface area contributed by atoms with Crippen molar-refractivity contribution >= 4 is 16.7 Å². The van der Waals surface area contributed by atoms with Crippen molar-refractivity contribution in [3.8, 4) is 0 Å². The van der Waals surface area contributed by atoms with Crippen LogP contribution in [0.5, 0.6) is 0 Å². The number of rotatable bonds is 2. The molecule has 21 heavy (non-hydrogen) atoms. The molecule has 0 saturated carbocycles. The molecular weight excluding hydrogens is 260 g/mol. The van der Waals surface area contributed by atoms with Crippen LogP contribution < -0.4 is 5.73 Å². The molecule has 1 aliphatic rings. The lowest BCUT2D eigenvalue weighted by Crippen LogP contribution is -2.44. The minimum Gasteiger partial charge on any atom is -0.334 e. The molecule has 3 heteroatoms. The van der Waals surface area contributed by atoms with E-state index in [0.29, 0.717) is 6.54 Å². The lowest BCUT2D eigenvalue weighted by Gasteiger charge is -2.29. The Morgan fingerprint density at radius 2 is 1.90 bits per heavy atom. The molecule has 3 nitrogen and oxygen atoms in total. The summed E-state index contributed by atoms with van der Waals surface area (Å²) in [6.07, 6.45) is 4.46. The standard InChI is InChI=1S/C18H22N2O/c19-13-15-9-2-1-5-12-20(15)18(21)17-11-6-8-14-7-3-4-10-16(14)17/h3-4,6-8,10-11,15H,1-2,5,9,12-13,19H2. The molecule has 3 rings (SSSR count). The fourth-order valence-electron chi connectivity index (χ4n) is 3.26. The predicted octanol–water partition coefficient (Wildman–Crippen LogP) is 3.18. The van der Waals surface area contributed by atoms with Crippen LogP contribution in [0.4, 0.5) is 0 Å². The maximum Gasteiger partial charge on any atom is 0.254 e. The highest BCUT2D eigenvalue weighted by molar-refractivity contribution is 6.07. The summed E-state index contributed by atoms with van der Waals surface area (Å²) >= 11 is 0. The number of carbonyl (C=O) groups excluding carboxylic acids is 1. The van der Waals surface area contributed by atoms with E-state index in [1.165, 1.54) is 12.8 Å². The third kappa shape index (κ3) is 2.79. The van der Waals surface area contributed by atoms with Gasteiger partial charge in [0.1, 0.15) is 0 Å². The van der Waals surface area contributed by atoms with E-state index in [9.17, 15) is 4.79 Å². The summed E-state index contributed by atoms with van der Waals surface area (Å²) < 4.78 is 0. The van der Waals surface area contributed by atoms with Crippen molar-refractivity contribution in [2.24, 2.45) is 5.73 Å². The number of amides is 1. The number of likely N-dealkylation sites (tertiary alicyclic amines) is 1. The molecule has 110 valence electrons. The van der Waals surface area contributed by atoms with Crippen LogP contribution in [-0.2, 0) is 0 Å². The molecule has 0 bridgehead atoms. The van der Waals surface area contributed by atoms with E-state index in [1.807, 2.05) is 35.2 Å². The summed E-state index contributed by atoms with van der Waals surface area (Å²) in [6.45, 7) is 1.38. The second-order valence-electron chi connectivity index (χ2n) is 5.76. The van der Waals surface area contributed by atoms with Crippen molar-refractivity contribution in [1.29, 1.82) is 0 Å². The second kappa shape index (κ2) is 6.27. The first-order valence-corrected chi connectivity index (χ1v) is 7.80. The first kappa shape index (κ1) is 14.1. The van der Waals surface area contributed by atoms with Gasteiger partial charge in [-0.2, -0.15) is 0 Å². The molecule has 1 saturated heterocycles. The summed E-state index contributed by atoms with van der Waals surface area (Å²) in [7, 11) is 0. The molecule has 0 aliphatic carbocycles. The quantitative estimate of drug-likeness (QED) is 0.919. The molecule has 0 aromatic heterocycles. The van der Waals surface area contributed by atoms with Gasteiger partial charge in [-0.25, -0.2) is 0 Å². The molecule has 1 heterocycles. The highest BCUT2D eigenvalue weighted by Gasteiger charge is 2.26. The van der Waals surface area contributed by atoms with Crippen molar-refractivity contribution < 1.29 is 4.79 Å². The number of fused-ring (bicyclic) bond motifs is 1. The molecule has 1 atom stereocenters. The van der Waals surface area contributed by atoms with Gasteiger partial charge in [-0.1, -0.05) is 49.2 Å². The van der Waals surface area contributed by atoms with Gasteiger partial charge in [-0.05, 0) is 29.7 Å². The Morgan fingerprint density at radius 3 is 2.76 bits per heavy atom. The Labute approximate surface area is 125 Å². The molecule has 1 amide bonds. The lowest BCUT2D eigenvalue weighted by molar-refractivity contribution is 0.0691. The Kier molecular flexibility index (Phi) is 4.20. The lowest BCUT2D eigenvalue weighted by atomic mass is 10.0.